The lowest BCUT2D eigenvalue weighted by atomic mass is 10.2. The number of rotatable bonds is 6. The molecule has 0 unspecified atom stereocenters. The summed E-state index contributed by atoms with van der Waals surface area (Å²) in [5, 5.41) is 7.94. The van der Waals surface area contributed by atoms with Crippen molar-refractivity contribution in [3.8, 4) is 0 Å². The summed E-state index contributed by atoms with van der Waals surface area (Å²) >= 11 is 1.72. The van der Waals surface area contributed by atoms with E-state index in [1.54, 1.807) is 23.7 Å². The van der Waals surface area contributed by atoms with Gasteiger partial charge in [-0.05, 0) is 23.1 Å². The Morgan fingerprint density at radius 3 is 2.88 bits per heavy atom. The number of ether oxygens (including phenoxy) is 1. The number of carbonyl (C=O) groups excluding carboxylic acids is 1. The van der Waals surface area contributed by atoms with Crippen LogP contribution in [-0.4, -0.2) is 48.8 Å². The van der Waals surface area contributed by atoms with Gasteiger partial charge in [-0.25, -0.2) is 4.79 Å². The van der Waals surface area contributed by atoms with Crippen molar-refractivity contribution in [3.63, 3.8) is 0 Å². The highest BCUT2D eigenvalue weighted by molar-refractivity contribution is 7.10. The Morgan fingerprint density at radius 2 is 2.17 bits per heavy atom. The molecular formula is C17H22N4O2S. The average molecular weight is 346 g/mol. The van der Waals surface area contributed by atoms with Crippen molar-refractivity contribution in [1.29, 1.82) is 0 Å². The highest BCUT2D eigenvalue weighted by atomic mass is 32.1. The van der Waals surface area contributed by atoms with Crippen LogP contribution >= 0.6 is 11.3 Å². The Kier molecular flexibility index (Phi) is 6.17. The molecule has 7 heteroatoms. The molecule has 1 saturated heterocycles. The Hall–Kier alpha value is -1.96. The van der Waals surface area contributed by atoms with Crippen LogP contribution in [0.15, 0.2) is 42.0 Å². The molecule has 0 bridgehead atoms. The summed E-state index contributed by atoms with van der Waals surface area (Å²) in [4.78, 5) is 19.8. The van der Waals surface area contributed by atoms with Gasteiger partial charge >= 0.3 is 6.03 Å². The van der Waals surface area contributed by atoms with Crippen LogP contribution in [0.5, 0.6) is 0 Å². The summed E-state index contributed by atoms with van der Waals surface area (Å²) in [7, 11) is 0. The van der Waals surface area contributed by atoms with Crippen LogP contribution in [0.1, 0.15) is 16.5 Å². The smallest absolute Gasteiger partial charge is 0.315 e. The first kappa shape index (κ1) is 16.9. The summed E-state index contributed by atoms with van der Waals surface area (Å²) in [6, 6.07) is 8.01. The third-order valence-electron chi connectivity index (χ3n) is 3.99. The molecule has 0 saturated carbocycles. The second-order valence-corrected chi connectivity index (χ2v) is 6.58. The van der Waals surface area contributed by atoms with Crippen LogP contribution in [0.2, 0.25) is 0 Å². The first-order chi connectivity index (χ1) is 11.8. The van der Waals surface area contributed by atoms with Gasteiger partial charge in [0, 0.05) is 43.4 Å². The van der Waals surface area contributed by atoms with Crippen LogP contribution in [-0.2, 0) is 11.3 Å². The van der Waals surface area contributed by atoms with Gasteiger partial charge in [0.15, 0.2) is 0 Å². The number of nitrogens with one attached hydrogen (secondary N) is 2. The number of urea groups is 1. The van der Waals surface area contributed by atoms with Gasteiger partial charge in [-0.2, -0.15) is 0 Å². The number of morpholine rings is 1. The van der Waals surface area contributed by atoms with E-state index >= 15 is 0 Å². The topological polar surface area (TPSA) is 66.5 Å². The van der Waals surface area contributed by atoms with Crippen molar-refractivity contribution < 1.29 is 9.53 Å². The molecule has 0 aromatic carbocycles. The third-order valence-corrected chi connectivity index (χ3v) is 4.96. The third kappa shape index (κ3) is 4.77. The first-order valence-corrected chi connectivity index (χ1v) is 8.96. The molecular weight excluding hydrogens is 324 g/mol. The van der Waals surface area contributed by atoms with Gasteiger partial charge in [0.1, 0.15) is 0 Å². The maximum absolute atomic E-state index is 12.1. The molecule has 1 aliphatic rings. The molecule has 2 aromatic heterocycles. The molecule has 0 radical (unpaired) electrons. The van der Waals surface area contributed by atoms with E-state index in [9.17, 15) is 4.79 Å². The number of aromatic nitrogens is 1. The fraction of sp³-hybridized carbons (Fsp3) is 0.412. The number of nitrogens with zero attached hydrogens (tertiary/aromatic N) is 2. The molecule has 3 rings (SSSR count). The van der Waals surface area contributed by atoms with Gasteiger partial charge in [0.05, 0.1) is 19.3 Å². The van der Waals surface area contributed by atoms with Gasteiger partial charge in [-0.3, -0.25) is 9.88 Å². The minimum absolute atomic E-state index is 0.159. The van der Waals surface area contributed by atoms with Crippen LogP contribution < -0.4 is 10.6 Å². The summed E-state index contributed by atoms with van der Waals surface area (Å²) in [5.74, 6) is 0. The standard InChI is InChI=1S/C17H22N4O2S/c22-17(19-12-14-3-1-5-18-11-14)20-13-15(16-4-2-10-24-16)21-6-8-23-9-7-21/h1-5,10-11,15H,6-9,12-13H2,(H2,19,20,22)/t15-/m0/s1. The lowest BCUT2D eigenvalue weighted by molar-refractivity contribution is 0.0174. The Bertz CT molecular complexity index is 615. The van der Waals surface area contributed by atoms with Crippen molar-refractivity contribution in [1.82, 2.24) is 20.5 Å². The van der Waals surface area contributed by atoms with Gasteiger partial charge in [0.25, 0.3) is 0 Å². The van der Waals surface area contributed by atoms with E-state index < -0.39 is 0 Å². The van der Waals surface area contributed by atoms with E-state index in [-0.39, 0.29) is 12.1 Å². The maximum atomic E-state index is 12.1. The second-order valence-electron chi connectivity index (χ2n) is 5.60. The molecule has 1 fully saturated rings. The minimum Gasteiger partial charge on any atom is -0.379 e. The molecule has 2 amide bonds. The predicted octanol–water partition coefficient (Wildman–Crippen LogP) is 2.02. The summed E-state index contributed by atoms with van der Waals surface area (Å²) in [5.41, 5.74) is 0.982. The van der Waals surface area contributed by atoms with Crippen molar-refractivity contribution in [3.05, 3.63) is 52.5 Å². The van der Waals surface area contributed by atoms with Gasteiger partial charge < -0.3 is 15.4 Å². The largest absolute Gasteiger partial charge is 0.379 e. The lowest BCUT2D eigenvalue weighted by Gasteiger charge is -2.34. The quantitative estimate of drug-likeness (QED) is 0.840. The van der Waals surface area contributed by atoms with Crippen LogP contribution in [0.25, 0.3) is 0 Å². The number of thiophene rings is 1. The van der Waals surface area contributed by atoms with Gasteiger partial charge in [-0.15, -0.1) is 11.3 Å². The van der Waals surface area contributed by atoms with Crippen LogP contribution in [0.4, 0.5) is 4.79 Å². The summed E-state index contributed by atoms with van der Waals surface area (Å²) in [6.07, 6.45) is 3.47. The van der Waals surface area contributed by atoms with Crippen molar-refractivity contribution >= 4 is 17.4 Å². The van der Waals surface area contributed by atoms with Crippen molar-refractivity contribution in [2.75, 3.05) is 32.8 Å². The fourth-order valence-electron chi connectivity index (χ4n) is 2.72. The van der Waals surface area contributed by atoms with E-state index in [0.29, 0.717) is 13.1 Å². The zero-order valence-corrected chi connectivity index (χ0v) is 14.3. The maximum Gasteiger partial charge on any atom is 0.315 e. The molecule has 2 N–H and O–H groups in total. The zero-order valence-electron chi connectivity index (χ0n) is 13.5. The van der Waals surface area contributed by atoms with E-state index in [1.165, 1.54) is 4.88 Å². The average Bonchev–Trinajstić information content (AvgIpc) is 3.16. The molecule has 6 nitrogen and oxygen atoms in total. The molecule has 2 aromatic rings. The molecule has 128 valence electrons. The Balaban J connectivity index is 1.52. The fourth-order valence-corrected chi connectivity index (χ4v) is 3.58. The van der Waals surface area contributed by atoms with Crippen LogP contribution in [0, 0.1) is 0 Å². The lowest BCUT2D eigenvalue weighted by Crippen LogP contribution is -2.45. The molecule has 0 aliphatic carbocycles. The minimum atomic E-state index is -0.159. The van der Waals surface area contributed by atoms with Gasteiger partial charge in [0.2, 0.25) is 0 Å². The molecule has 1 aliphatic heterocycles. The summed E-state index contributed by atoms with van der Waals surface area (Å²) in [6.45, 7) is 4.33. The molecule has 1 atom stereocenters. The Labute approximate surface area is 145 Å². The second kappa shape index (κ2) is 8.77. The van der Waals surface area contributed by atoms with Crippen LogP contribution in [0.3, 0.4) is 0 Å². The highest BCUT2D eigenvalue weighted by Gasteiger charge is 2.23. The normalized spacial score (nSPS) is 16.5. The number of hydrogen-bond acceptors (Lipinski definition) is 5. The zero-order chi connectivity index (χ0) is 16.6. The van der Waals surface area contributed by atoms with Crippen molar-refractivity contribution in [2.45, 2.75) is 12.6 Å². The molecule has 3 heterocycles. The van der Waals surface area contributed by atoms with E-state index in [4.69, 9.17) is 4.74 Å². The van der Waals surface area contributed by atoms with Crippen molar-refractivity contribution in [2.24, 2.45) is 0 Å². The SMILES string of the molecule is O=C(NCc1cccnc1)NC[C@@H](c1cccs1)N1CCOCC1. The molecule has 24 heavy (non-hydrogen) atoms. The number of amides is 2. The molecule has 0 spiro atoms. The monoisotopic (exact) mass is 346 g/mol. The number of pyridine rings is 1. The predicted molar refractivity (Wildman–Crippen MR) is 93.9 cm³/mol. The number of carbonyl (C=O) groups is 1. The summed E-state index contributed by atoms with van der Waals surface area (Å²) < 4.78 is 5.44. The van der Waals surface area contributed by atoms with E-state index in [2.05, 4.69) is 38.0 Å². The van der Waals surface area contributed by atoms with E-state index in [1.807, 2.05) is 12.1 Å². The first-order valence-electron chi connectivity index (χ1n) is 8.09. The highest BCUT2D eigenvalue weighted by Crippen LogP contribution is 2.25. The van der Waals surface area contributed by atoms with Gasteiger partial charge in [-0.1, -0.05) is 12.1 Å². The Morgan fingerprint density at radius 1 is 1.29 bits per heavy atom. The number of hydrogen-bond donors (Lipinski definition) is 2. The van der Waals surface area contributed by atoms with E-state index in [0.717, 1.165) is 31.9 Å².